The minimum absolute atomic E-state index is 0.0347. The maximum atomic E-state index is 13.2. The summed E-state index contributed by atoms with van der Waals surface area (Å²) in [6, 6.07) is 4.12. The zero-order chi connectivity index (χ0) is 10.7. The van der Waals surface area contributed by atoms with E-state index in [2.05, 4.69) is 21.2 Å². The second kappa shape index (κ2) is 4.52. The molecule has 1 atom stereocenters. The molecule has 14 heavy (non-hydrogen) atoms. The van der Waals surface area contributed by atoms with E-state index < -0.39 is 17.8 Å². The van der Waals surface area contributed by atoms with Gasteiger partial charge in [-0.05, 0) is 12.1 Å². The lowest BCUT2D eigenvalue weighted by molar-refractivity contribution is -0.129. The van der Waals surface area contributed by atoms with E-state index in [1.165, 1.54) is 19.2 Å². The van der Waals surface area contributed by atoms with Crippen LogP contribution in [0.2, 0.25) is 0 Å². The second-order valence-electron chi connectivity index (χ2n) is 2.68. The Morgan fingerprint density at radius 2 is 2.29 bits per heavy atom. The molecule has 0 saturated heterocycles. The van der Waals surface area contributed by atoms with Crippen LogP contribution in [0, 0.1) is 5.82 Å². The molecule has 0 spiro atoms. The molecule has 2 N–H and O–H groups in total. The number of aliphatic hydroxyl groups is 1. The van der Waals surface area contributed by atoms with Gasteiger partial charge in [0, 0.05) is 17.1 Å². The van der Waals surface area contributed by atoms with Gasteiger partial charge in [-0.1, -0.05) is 22.0 Å². The van der Waals surface area contributed by atoms with E-state index in [1.807, 2.05) is 0 Å². The third-order valence-corrected chi connectivity index (χ3v) is 2.25. The Hall–Kier alpha value is -0.940. The Balaban J connectivity index is 3.01. The normalized spacial score (nSPS) is 12.3. The molecule has 1 amide bonds. The zero-order valence-corrected chi connectivity index (χ0v) is 9.01. The van der Waals surface area contributed by atoms with Crippen LogP contribution in [0.5, 0.6) is 0 Å². The van der Waals surface area contributed by atoms with Crippen LogP contribution in [0.25, 0.3) is 0 Å². The lowest BCUT2D eigenvalue weighted by atomic mass is 10.1. The van der Waals surface area contributed by atoms with Gasteiger partial charge in [0.05, 0.1) is 0 Å². The summed E-state index contributed by atoms with van der Waals surface area (Å²) in [6.45, 7) is 0. The molecule has 1 aromatic carbocycles. The highest BCUT2D eigenvalue weighted by Gasteiger charge is 2.19. The number of hydrogen-bond donors (Lipinski definition) is 2. The fraction of sp³-hybridized carbons (Fsp3) is 0.222. The first-order valence-corrected chi connectivity index (χ1v) is 4.70. The van der Waals surface area contributed by atoms with Crippen molar-refractivity contribution in [3.8, 4) is 0 Å². The predicted octanol–water partition coefficient (Wildman–Crippen LogP) is 1.37. The standard InChI is InChI=1S/C9H9BrFNO2/c1-12-9(14)8(13)6-3-2-5(10)4-7(6)11/h2-4,8,13H,1H3,(H,12,14). The molecule has 5 heteroatoms. The van der Waals surface area contributed by atoms with E-state index in [0.717, 1.165) is 0 Å². The number of rotatable bonds is 2. The molecule has 0 aliphatic heterocycles. The summed E-state index contributed by atoms with van der Waals surface area (Å²) in [6.07, 6.45) is -1.46. The molecule has 0 saturated carbocycles. The van der Waals surface area contributed by atoms with Crippen molar-refractivity contribution >= 4 is 21.8 Å². The van der Waals surface area contributed by atoms with Gasteiger partial charge in [-0.15, -0.1) is 0 Å². The van der Waals surface area contributed by atoms with Crippen LogP contribution in [-0.4, -0.2) is 18.1 Å². The van der Waals surface area contributed by atoms with Crippen LogP contribution in [0.4, 0.5) is 4.39 Å². The third kappa shape index (κ3) is 2.30. The molecule has 0 aromatic heterocycles. The van der Waals surface area contributed by atoms with Gasteiger partial charge in [-0.25, -0.2) is 4.39 Å². The molecular weight excluding hydrogens is 253 g/mol. The highest BCUT2D eigenvalue weighted by Crippen LogP contribution is 2.20. The summed E-state index contributed by atoms with van der Waals surface area (Å²) in [5, 5.41) is 11.6. The van der Waals surface area contributed by atoms with Gasteiger partial charge >= 0.3 is 0 Å². The lowest BCUT2D eigenvalue weighted by Gasteiger charge is -2.10. The van der Waals surface area contributed by atoms with Gasteiger partial charge in [-0.2, -0.15) is 0 Å². The van der Waals surface area contributed by atoms with Crippen LogP contribution < -0.4 is 5.32 Å². The number of carbonyl (C=O) groups excluding carboxylic acids is 1. The number of carbonyl (C=O) groups is 1. The quantitative estimate of drug-likeness (QED) is 0.845. The number of nitrogens with one attached hydrogen (secondary N) is 1. The fourth-order valence-corrected chi connectivity index (χ4v) is 1.33. The summed E-state index contributed by atoms with van der Waals surface area (Å²) in [4.78, 5) is 11.0. The molecule has 0 fully saturated rings. The molecule has 0 bridgehead atoms. The highest BCUT2D eigenvalue weighted by atomic mass is 79.9. The smallest absolute Gasteiger partial charge is 0.253 e. The fourth-order valence-electron chi connectivity index (χ4n) is 1.00. The number of benzene rings is 1. The van der Waals surface area contributed by atoms with Crippen LogP contribution in [0.1, 0.15) is 11.7 Å². The zero-order valence-electron chi connectivity index (χ0n) is 7.42. The Bertz CT molecular complexity index is 357. The van der Waals surface area contributed by atoms with Crippen LogP contribution in [0.3, 0.4) is 0 Å². The number of halogens is 2. The van der Waals surface area contributed by atoms with Gasteiger partial charge in [0.25, 0.3) is 5.91 Å². The van der Waals surface area contributed by atoms with Crippen molar-refractivity contribution in [1.29, 1.82) is 0 Å². The topological polar surface area (TPSA) is 49.3 Å². The van der Waals surface area contributed by atoms with Crippen molar-refractivity contribution in [2.45, 2.75) is 6.10 Å². The van der Waals surface area contributed by atoms with Gasteiger partial charge in [0.15, 0.2) is 6.10 Å². The first kappa shape index (κ1) is 11.1. The minimum atomic E-state index is -1.46. The summed E-state index contributed by atoms with van der Waals surface area (Å²) >= 11 is 3.08. The number of likely N-dealkylation sites (N-methyl/N-ethyl adjacent to an activating group) is 1. The molecule has 0 aliphatic carbocycles. The lowest BCUT2D eigenvalue weighted by Crippen LogP contribution is -2.26. The summed E-state index contributed by atoms with van der Waals surface area (Å²) < 4.78 is 13.8. The Morgan fingerprint density at radius 3 is 2.79 bits per heavy atom. The Morgan fingerprint density at radius 1 is 1.64 bits per heavy atom. The van der Waals surface area contributed by atoms with Crippen LogP contribution in [-0.2, 0) is 4.79 Å². The van der Waals surface area contributed by atoms with Crippen molar-refractivity contribution in [3.63, 3.8) is 0 Å². The number of amides is 1. The molecule has 76 valence electrons. The Kier molecular flexibility index (Phi) is 3.60. The number of aliphatic hydroxyl groups excluding tert-OH is 1. The molecule has 3 nitrogen and oxygen atoms in total. The molecule has 1 aromatic rings. The summed E-state index contributed by atoms with van der Waals surface area (Å²) in [5.74, 6) is -1.25. The van der Waals surface area contributed by atoms with E-state index in [0.29, 0.717) is 4.47 Å². The molecule has 0 radical (unpaired) electrons. The average Bonchev–Trinajstić information content (AvgIpc) is 2.15. The molecule has 0 heterocycles. The van der Waals surface area contributed by atoms with Crippen molar-refractivity contribution in [3.05, 3.63) is 34.1 Å². The Labute approximate surface area is 89.1 Å². The highest BCUT2D eigenvalue weighted by molar-refractivity contribution is 9.10. The van der Waals surface area contributed by atoms with Crippen molar-refractivity contribution in [2.24, 2.45) is 0 Å². The van der Waals surface area contributed by atoms with E-state index in [9.17, 15) is 14.3 Å². The van der Waals surface area contributed by atoms with Gasteiger partial charge in [0.2, 0.25) is 0 Å². The van der Waals surface area contributed by atoms with E-state index in [-0.39, 0.29) is 5.56 Å². The third-order valence-electron chi connectivity index (χ3n) is 1.75. The molecule has 0 aliphatic rings. The second-order valence-corrected chi connectivity index (χ2v) is 3.60. The van der Waals surface area contributed by atoms with Crippen molar-refractivity contribution in [2.75, 3.05) is 7.05 Å². The monoisotopic (exact) mass is 261 g/mol. The number of hydrogen-bond acceptors (Lipinski definition) is 2. The maximum absolute atomic E-state index is 13.2. The predicted molar refractivity (Wildman–Crippen MR) is 53.1 cm³/mol. The largest absolute Gasteiger partial charge is 0.378 e. The van der Waals surface area contributed by atoms with Gasteiger partial charge in [0.1, 0.15) is 5.82 Å². The van der Waals surface area contributed by atoms with Crippen LogP contribution in [0.15, 0.2) is 22.7 Å². The van der Waals surface area contributed by atoms with E-state index >= 15 is 0 Å². The van der Waals surface area contributed by atoms with E-state index in [4.69, 9.17) is 0 Å². The van der Waals surface area contributed by atoms with Crippen LogP contribution >= 0.6 is 15.9 Å². The van der Waals surface area contributed by atoms with E-state index in [1.54, 1.807) is 6.07 Å². The maximum Gasteiger partial charge on any atom is 0.253 e. The van der Waals surface area contributed by atoms with Crippen molar-refractivity contribution in [1.82, 2.24) is 5.32 Å². The molecule has 1 unspecified atom stereocenters. The van der Waals surface area contributed by atoms with Gasteiger partial charge < -0.3 is 10.4 Å². The molecule has 1 rings (SSSR count). The average molecular weight is 262 g/mol. The van der Waals surface area contributed by atoms with Crippen molar-refractivity contribution < 1.29 is 14.3 Å². The summed E-state index contributed by atoms with van der Waals surface area (Å²) in [5.41, 5.74) is -0.0347. The minimum Gasteiger partial charge on any atom is -0.378 e. The molecular formula is C9H9BrFNO2. The summed E-state index contributed by atoms with van der Waals surface area (Å²) in [7, 11) is 1.38. The first-order valence-electron chi connectivity index (χ1n) is 3.91. The van der Waals surface area contributed by atoms with Gasteiger partial charge in [-0.3, -0.25) is 4.79 Å². The SMILES string of the molecule is CNC(=O)C(O)c1ccc(Br)cc1F. The first-order chi connectivity index (χ1) is 6.56.